The van der Waals surface area contributed by atoms with Crippen LogP contribution in [-0.4, -0.2) is 15.0 Å². The summed E-state index contributed by atoms with van der Waals surface area (Å²) in [7, 11) is -3.54. The highest BCUT2D eigenvalue weighted by atomic mass is 32.2. The highest BCUT2D eigenvalue weighted by Crippen LogP contribution is 2.25. The smallest absolute Gasteiger partial charge is 0.271 e. The molecule has 0 saturated carbocycles. The topological polar surface area (TPSA) is 67.4 Å². The fourth-order valence-corrected chi connectivity index (χ4v) is 4.69. The van der Waals surface area contributed by atoms with E-state index in [0.29, 0.717) is 16.5 Å². The lowest BCUT2D eigenvalue weighted by Crippen LogP contribution is -2.11. The summed E-state index contributed by atoms with van der Waals surface area (Å²) in [6, 6.07) is 18.2. The van der Waals surface area contributed by atoms with Crippen LogP contribution in [0.1, 0.15) is 11.8 Å². The molecule has 0 bridgehead atoms. The Kier molecular flexibility index (Phi) is 5.49. The third-order valence-electron chi connectivity index (χ3n) is 3.57. The molecular weight excluding hydrogens is 368 g/mol. The normalized spacial score (nSPS) is 11.2. The molecular formula is C19H20N2O3S2. The molecule has 1 heterocycles. The Labute approximate surface area is 157 Å². The number of benzene rings is 2. The van der Waals surface area contributed by atoms with Crippen LogP contribution in [0.2, 0.25) is 0 Å². The second-order valence-corrected chi connectivity index (χ2v) is 8.83. The summed E-state index contributed by atoms with van der Waals surface area (Å²) in [6.45, 7) is 4.46. The summed E-state index contributed by atoms with van der Waals surface area (Å²) < 4.78 is 33.0. The van der Waals surface area contributed by atoms with Crippen LogP contribution in [-0.2, 0) is 10.0 Å². The van der Waals surface area contributed by atoms with Crippen LogP contribution < -0.4 is 14.8 Å². The third-order valence-corrected chi connectivity index (χ3v) is 6.45. The van der Waals surface area contributed by atoms with Crippen LogP contribution in [0.4, 0.5) is 17.1 Å². The Balaban J connectivity index is 1.66. The van der Waals surface area contributed by atoms with Crippen molar-refractivity contribution in [3.63, 3.8) is 0 Å². The van der Waals surface area contributed by atoms with Gasteiger partial charge in [-0.2, -0.15) is 0 Å². The van der Waals surface area contributed by atoms with Crippen molar-refractivity contribution < 1.29 is 13.2 Å². The van der Waals surface area contributed by atoms with Gasteiger partial charge >= 0.3 is 0 Å². The zero-order chi connectivity index (χ0) is 18.6. The summed E-state index contributed by atoms with van der Waals surface area (Å²) in [6.07, 6.45) is 0. The fourth-order valence-electron chi connectivity index (χ4n) is 2.35. The van der Waals surface area contributed by atoms with E-state index < -0.39 is 10.0 Å². The van der Waals surface area contributed by atoms with E-state index >= 15 is 0 Å². The van der Waals surface area contributed by atoms with Crippen molar-refractivity contribution >= 4 is 38.4 Å². The van der Waals surface area contributed by atoms with Gasteiger partial charge in [-0.25, -0.2) is 8.42 Å². The van der Waals surface area contributed by atoms with Crippen molar-refractivity contribution in [3.05, 3.63) is 65.5 Å². The van der Waals surface area contributed by atoms with E-state index in [-0.39, 0.29) is 0 Å². The molecule has 0 atom stereocenters. The molecule has 5 nitrogen and oxygen atoms in total. The van der Waals surface area contributed by atoms with Crippen LogP contribution in [0.15, 0.2) is 64.9 Å². The highest BCUT2D eigenvalue weighted by Gasteiger charge is 2.16. The Bertz CT molecular complexity index is 963. The first-order valence-corrected chi connectivity index (χ1v) is 10.5. The molecule has 2 aromatic carbocycles. The molecule has 0 fully saturated rings. The van der Waals surface area contributed by atoms with Gasteiger partial charge in [0, 0.05) is 21.9 Å². The summed E-state index contributed by atoms with van der Waals surface area (Å²) in [5, 5.41) is 3.27. The molecule has 0 saturated heterocycles. The zero-order valence-electron chi connectivity index (χ0n) is 14.5. The minimum Gasteiger partial charge on any atom is -0.494 e. The standard InChI is InChI=1S/C19H20N2O3S2/c1-3-24-18-11-9-16(10-12-18)20-15-5-7-17(8-6-15)21-26(22,23)19-13-4-14(2)25-19/h4-13,20-21H,3H2,1-2H3. The van der Waals surface area contributed by atoms with Crippen molar-refractivity contribution in [1.82, 2.24) is 0 Å². The second-order valence-electron chi connectivity index (χ2n) is 5.63. The molecule has 3 rings (SSSR count). The van der Waals surface area contributed by atoms with Crippen LogP contribution >= 0.6 is 11.3 Å². The average Bonchev–Trinajstić information content (AvgIpc) is 3.06. The first kappa shape index (κ1) is 18.3. The van der Waals surface area contributed by atoms with Crippen LogP contribution in [0.3, 0.4) is 0 Å². The van der Waals surface area contributed by atoms with Gasteiger partial charge in [0.2, 0.25) is 0 Å². The van der Waals surface area contributed by atoms with Crippen molar-refractivity contribution in [2.24, 2.45) is 0 Å². The maximum absolute atomic E-state index is 12.3. The summed E-state index contributed by atoms with van der Waals surface area (Å²) >= 11 is 1.25. The summed E-state index contributed by atoms with van der Waals surface area (Å²) in [4.78, 5) is 0.959. The molecule has 7 heteroatoms. The van der Waals surface area contributed by atoms with Gasteiger partial charge in [0.15, 0.2) is 0 Å². The molecule has 136 valence electrons. The van der Waals surface area contributed by atoms with Gasteiger partial charge in [-0.3, -0.25) is 4.72 Å². The molecule has 2 N–H and O–H groups in total. The van der Waals surface area contributed by atoms with Gasteiger partial charge in [-0.1, -0.05) is 0 Å². The van der Waals surface area contributed by atoms with Gasteiger partial charge in [0.25, 0.3) is 10.0 Å². The lowest BCUT2D eigenvalue weighted by atomic mass is 10.2. The summed E-state index contributed by atoms with van der Waals surface area (Å²) in [5.74, 6) is 0.826. The Morgan fingerprint density at radius 3 is 2.00 bits per heavy atom. The maximum atomic E-state index is 12.3. The number of nitrogens with one attached hydrogen (secondary N) is 2. The van der Waals surface area contributed by atoms with Crippen LogP contribution in [0.25, 0.3) is 0 Å². The van der Waals surface area contributed by atoms with Gasteiger partial charge < -0.3 is 10.1 Å². The fraction of sp³-hybridized carbons (Fsp3) is 0.158. The molecule has 0 aliphatic rings. The number of hydrogen-bond donors (Lipinski definition) is 2. The van der Waals surface area contributed by atoms with E-state index in [2.05, 4.69) is 10.0 Å². The quantitative estimate of drug-likeness (QED) is 0.598. The van der Waals surface area contributed by atoms with E-state index in [4.69, 9.17) is 4.74 Å². The van der Waals surface area contributed by atoms with Gasteiger partial charge in [0.05, 0.1) is 6.61 Å². The number of rotatable bonds is 7. The third kappa shape index (κ3) is 4.56. The van der Waals surface area contributed by atoms with Crippen LogP contribution in [0, 0.1) is 6.92 Å². The van der Waals surface area contributed by atoms with Crippen molar-refractivity contribution in [2.75, 3.05) is 16.6 Å². The summed E-state index contributed by atoms with van der Waals surface area (Å²) in [5.41, 5.74) is 2.31. The number of anilines is 3. The van der Waals surface area contributed by atoms with E-state index in [1.807, 2.05) is 50.2 Å². The van der Waals surface area contributed by atoms with Crippen LogP contribution in [0.5, 0.6) is 5.75 Å². The molecule has 0 amide bonds. The number of ether oxygens (including phenoxy) is 1. The van der Waals surface area contributed by atoms with Gasteiger partial charge in [-0.05, 0) is 74.5 Å². The average molecular weight is 389 g/mol. The zero-order valence-corrected chi connectivity index (χ0v) is 16.2. The van der Waals surface area contributed by atoms with Crippen molar-refractivity contribution in [1.29, 1.82) is 0 Å². The number of thiophene rings is 1. The number of aryl methyl sites for hydroxylation is 1. The molecule has 1 aromatic heterocycles. The molecule has 0 aliphatic carbocycles. The predicted molar refractivity (Wildman–Crippen MR) is 107 cm³/mol. The van der Waals surface area contributed by atoms with E-state index in [1.165, 1.54) is 11.3 Å². The highest BCUT2D eigenvalue weighted by molar-refractivity contribution is 7.94. The van der Waals surface area contributed by atoms with Crippen molar-refractivity contribution in [3.8, 4) is 5.75 Å². The minimum absolute atomic E-state index is 0.312. The Hall–Kier alpha value is -2.51. The largest absolute Gasteiger partial charge is 0.494 e. The molecule has 0 unspecified atom stereocenters. The molecule has 0 radical (unpaired) electrons. The van der Waals surface area contributed by atoms with E-state index in [1.54, 1.807) is 24.3 Å². The predicted octanol–water partition coefficient (Wildman–Crippen LogP) is 5.00. The number of sulfonamides is 1. The van der Waals surface area contributed by atoms with Gasteiger partial charge in [0.1, 0.15) is 9.96 Å². The lowest BCUT2D eigenvalue weighted by molar-refractivity contribution is 0.340. The monoisotopic (exact) mass is 388 g/mol. The Morgan fingerprint density at radius 2 is 1.46 bits per heavy atom. The van der Waals surface area contributed by atoms with Gasteiger partial charge in [-0.15, -0.1) is 11.3 Å². The molecule has 3 aromatic rings. The molecule has 0 aliphatic heterocycles. The minimum atomic E-state index is -3.54. The second kappa shape index (κ2) is 7.80. The first-order chi connectivity index (χ1) is 12.5. The van der Waals surface area contributed by atoms with E-state index in [9.17, 15) is 8.42 Å². The lowest BCUT2D eigenvalue weighted by Gasteiger charge is -2.10. The maximum Gasteiger partial charge on any atom is 0.271 e. The van der Waals surface area contributed by atoms with Crippen molar-refractivity contribution in [2.45, 2.75) is 18.1 Å². The van der Waals surface area contributed by atoms with E-state index in [0.717, 1.165) is 22.0 Å². The molecule has 26 heavy (non-hydrogen) atoms. The number of hydrogen-bond acceptors (Lipinski definition) is 5. The SMILES string of the molecule is CCOc1ccc(Nc2ccc(NS(=O)(=O)c3ccc(C)s3)cc2)cc1. The first-order valence-electron chi connectivity index (χ1n) is 8.15. The Morgan fingerprint density at radius 1 is 0.885 bits per heavy atom. The molecule has 0 spiro atoms.